The first-order valence-corrected chi connectivity index (χ1v) is 13.0. The highest BCUT2D eigenvalue weighted by Crippen LogP contribution is 2.35. The Morgan fingerprint density at radius 2 is 1.86 bits per heavy atom. The zero-order valence-corrected chi connectivity index (χ0v) is 22.5. The van der Waals surface area contributed by atoms with E-state index in [4.69, 9.17) is 23.6 Å². The van der Waals surface area contributed by atoms with Crippen LogP contribution in [-0.4, -0.2) is 30.8 Å². The van der Waals surface area contributed by atoms with E-state index in [1.807, 2.05) is 49.6 Å². The van der Waals surface area contributed by atoms with Crippen LogP contribution in [0.25, 0.3) is 21.5 Å². The maximum atomic E-state index is 12.1. The number of hydrogen-bond donors (Lipinski definition) is 0. The lowest BCUT2D eigenvalue weighted by Crippen LogP contribution is -2.28. The van der Waals surface area contributed by atoms with E-state index in [1.165, 1.54) is 12.7 Å². The molecule has 36 heavy (non-hydrogen) atoms. The second-order valence-corrected chi connectivity index (χ2v) is 10.6. The Morgan fingerprint density at radius 3 is 2.53 bits per heavy atom. The van der Waals surface area contributed by atoms with Gasteiger partial charge in [-0.05, 0) is 65.4 Å². The summed E-state index contributed by atoms with van der Waals surface area (Å²) in [5.41, 5.74) is 4.08. The van der Waals surface area contributed by atoms with Gasteiger partial charge in [0.1, 0.15) is 23.8 Å². The molecule has 0 bridgehead atoms. The van der Waals surface area contributed by atoms with E-state index in [-0.39, 0.29) is 11.4 Å². The summed E-state index contributed by atoms with van der Waals surface area (Å²) < 4.78 is 23.7. The van der Waals surface area contributed by atoms with Crippen LogP contribution < -0.4 is 4.74 Å². The number of fused-ring (bicyclic) bond motifs is 1. The lowest BCUT2D eigenvalue weighted by molar-refractivity contribution is -0.153. The average molecular weight is 508 g/mol. The molecule has 2 aromatic carbocycles. The van der Waals surface area contributed by atoms with Gasteiger partial charge in [-0.2, -0.15) is 0 Å². The van der Waals surface area contributed by atoms with E-state index in [0.717, 1.165) is 38.4 Å². The summed E-state index contributed by atoms with van der Waals surface area (Å²) in [6.45, 7) is 11.1. The topological polar surface area (TPSA) is 70.8 Å². The third-order valence-corrected chi connectivity index (χ3v) is 7.09. The Balaban J connectivity index is 1.51. The monoisotopic (exact) mass is 507 g/mol. The maximum absolute atomic E-state index is 12.1. The van der Waals surface area contributed by atoms with Crippen molar-refractivity contribution in [3.63, 3.8) is 0 Å². The van der Waals surface area contributed by atoms with Crippen LogP contribution in [0.15, 0.2) is 52.3 Å². The van der Waals surface area contributed by atoms with Crippen molar-refractivity contribution in [2.24, 2.45) is 0 Å². The number of carbonyl (C=O) groups excluding carboxylic acids is 1. The summed E-state index contributed by atoms with van der Waals surface area (Å²) in [5.74, 6) is 1.73. The number of oxazole rings is 1. The maximum Gasteiger partial charge on any atom is 0.335 e. The van der Waals surface area contributed by atoms with Crippen LogP contribution in [0.2, 0.25) is 0 Å². The number of aromatic nitrogens is 1. The highest BCUT2D eigenvalue weighted by atomic mass is 32.1. The molecule has 0 aliphatic carbocycles. The molecule has 0 N–H and O–H groups in total. The zero-order valence-electron chi connectivity index (χ0n) is 21.7. The fraction of sp³-hybridized carbons (Fsp3) is 0.379. The Bertz CT molecular complexity index is 1330. The largest absolute Gasteiger partial charge is 0.486 e. The van der Waals surface area contributed by atoms with Crippen molar-refractivity contribution in [3.05, 3.63) is 70.4 Å². The summed E-state index contributed by atoms with van der Waals surface area (Å²) in [5, 5.41) is 3.07. The van der Waals surface area contributed by atoms with Gasteiger partial charge >= 0.3 is 5.97 Å². The smallest absolute Gasteiger partial charge is 0.335 e. The molecule has 7 heteroatoms. The Morgan fingerprint density at radius 1 is 1.11 bits per heavy atom. The Kier molecular flexibility index (Phi) is 7.81. The number of aryl methyl sites for hydroxylation is 1. The number of benzene rings is 2. The normalized spacial score (nSPS) is 12.6. The molecule has 190 valence electrons. The standard InChI is InChI=1S/C29H33NO5S/c1-7-33-25(28(31)32-6)16-20-10-13-24(26-22(20)14-15-36-26)34-17-23-18(2)35-27(30-23)19-8-11-21(12-9-19)29(3,4)5/h8-15,25H,7,16-17H2,1-6H3. The quantitative estimate of drug-likeness (QED) is 0.230. The molecule has 0 fully saturated rings. The van der Waals surface area contributed by atoms with Crippen LogP contribution in [0, 0.1) is 6.92 Å². The minimum absolute atomic E-state index is 0.0932. The molecule has 2 aromatic heterocycles. The molecule has 0 aliphatic heterocycles. The molecule has 1 unspecified atom stereocenters. The first kappa shape index (κ1) is 25.9. The molecule has 0 aliphatic rings. The summed E-state index contributed by atoms with van der Waals surface area (Å²) in [6, 6.07) is 14.3. The average Bonchev–Trinajstić information content (AvgIpc) is 3.49. The highest BCUT2D eigenvalue weighted by Gasteiger charge is 2.22. The van der Waals surface area contributed by atoms with Crippen molar-refractivity contribution in [2.75, 3.05) is 13.7 Å². The molecule has 0 radical (unpaired) electrons. The molecule has 4 aromatic rings. The van der Waals surface area contributed by atoms with Crippen molar-refractivity contribution < 1.29 is 23.4 Å². The van der Waals surface area contributed by atoms with Gasteiger partial charge in [-0.15, -0.1) is 11.3 Å². The number of rotatable bonds is 9. The predicted molar refractivity (Wildman–Crippen MR) is 143 cm³/mol. The van der Waals surface area contributed by atoms with Gasteiger partial charge in [-0.1, -0.05) is 39.0 Å². The van der Waals surface area contributed by atoms with Crippen molar-refractivity contribution in [1.82, 2.24) is 4.98 Å². The van der Waals surface area contributed by atoms with Crippen molar-refractivity contribution in [2.45, 2.75) is 59.2 Å². The van der Waals surface area contributed by atoms with Gasteiger partial charge < -0.3 is 18.6 Å². The predicted octanol–water partition coefficient (Wildman–Crippen LogP) is 6.86. The summed E-state index contributed by atoms with van der Waals surface area (Å²) in [6.07, 6.45) is -0.197. The van der Waals surface area contributed by atoms with E-state index in [0.29, 0.717) is 25.5 Å². The zero-order chi connectivity index (χ0) is 25.9. The van der Waals surface area contributed by atoms with Crippen LogP contribution in [-0.2, 0) is 32.7 Å². The molecule has 4 rings (SSSR count). The first-order valence-electron chi connectivity index (χ1n) is 12.1. The third-order valence-electron chi connectivity index (χ3n) is 6.16. The van der Waals surface area contributed by atoms with Crippen molar-refractivity contribution in [3.8, 4) is 17.2 Å². The number of methoxy groups -OCH3 is 1. The number of hydrogen-bond acceptors (Lipinski definition) is 7. The second-order valence-electron chi connectivity index (χ2n) is 9.70. The molecule has 0 saturated carbocycles. The molecule has 1 atom stereocenters. The van der Waals surface area contributed by atoms with Gasteiger partial charge in [0.15, 0.2) is 6.10 Å². The minimum atomic E-state index is -0.636. The Hall–Kier alpha value is -3.16. The van der Waals surface area contributed by atoms with Gasteiger partial charge in [0, 0.05) is 18.6 Å². The molecular weight excluding hydrogens is 474 g/mol. The number of ether oxygens (including phenoxy) is 3. The van der Waals surface area contributed by atoms with Crippen molar-refractivity contribution >= 4 is 27.4 Å². The summed E-state index contributed by atoms with van der Waals surface area (Å²) >= 11 is 1.60. The molecule has 6 nitrogen and oxygen atoms in total. The van der Waals surface area contributed by atoms with Crippen molar-refractivity contribution in [1.29, 1.82) is 0 Å². The molecular formula is C29H33NO5S. The summed E-state index contributed by atoms with van der Waals surface area (Å²) in [4.78, 5) is 16.8. The van der Waals surface area contributed by atoms with Gasteiger partial charge in [0.2, 0.25) is 5.89 Å². The van der Waals surface area contributed by atoms with Gasteiger partial charge in [-0.3, -0.25) is 0 Å². The number of nitrogens with zero attached hydrogens (tertiary/aromatic N) is 1. The van der Waals surface area contributed by atoms with Gasteiger partial charge in [0.05, 0.1) is 11.8 Å². The fourth-order valence-electron chi connectivity index (χ4n) is 4.07. The van der Waals surface area contributed by atoms with Crippen LogP contribution in [0.1, 0.15) is 50.3 Å². The van der Waals surface area contributed by atoms with E-state index >= 15 is 0 Å². The van der Waals surface area contributed by atoms with E-state index in [2.05, 4.69) is 32.9 Å². The minimum Gasteiger partial charge on any atom is -0.486 e. The Labute approximate surface area is 216 Å². The number of thiophene rings is 1. The molecule has 2 heterocycles. The number of carbonyl (C=O) groups is 1. The van der Waals surface area contributed by atoms with Crippen LogP contribution in [0.3, 0.4) is 0 Å². The molecule has 0 amide bonds. The van der Waals surface area contributed by atoms with E-state index in [9.17, 15) is 4.79 Å². The van der Waals surface area contributed by atoms with Crippen LogP contribution >= 0.6 is 11.3 Å². The SMILES string of the molecule is CCOC(Cc1ccc(OCc2nc(-c3ccc(C(C)(C)C)cc3)oc2C)c2sccc12)C(=O)OC. The number of esters is 1. The fourth-order valence-corrected chi connectivity index (χ4v) is 4.98. The van der Waals surface area contributed by atoms with E-state index < -0.39 is 6.10 Å². The van der Waals surface area contributed by atoms with Crippen LogP contribution in [0.4, 0.5) is 0 Å². The lowest BCUT2D eigenvalue weighted by atomic mass is 9.87. The third kappa shape index (κ3) is 5.63. The van der Waals surface area contributed by atoms with Gasteiger partial charge in [-0.25, -0.2) is 9.78 Å². The lowest BCUT2D eigenvalue weighted by Gasteiger charge is -2.18. The molecule has 0 spiro atoms. The highest BCUT2D eigenvalue weighted by molar-refractivity contribution is 7.17. The second kappa shape index (κ2) is 10.8. The first-order chi connectivity index (χ1) is 17.2. The van der Waals surface area contributed by atoms with Gasteiger partial charge in [0.25, 0.3) is 0 Å². The van der Waals surface area contributed by atoms with E-state index in [1.54, 1.807) is 11.3 Å². The molecule has 0 saturated heterocycles. The van der Waals surface area contributed by atoms with Crippen LogP contribution in [0.5, 0.6) is 5.75 Å². The summed E-state index contributed by atoms with van der Waals surface area (Å²) in [7, 11) is 1.38.